The second-order valence-electron chi connectivity index (χ2n) is 5.76. The van der Waals surface area contributed by atoms with Gasteiger partial charge in [0.05, 0.1) is 23.8 Å². The molecule has 0 saturated carbocycles. The zero-order valence-corrected chi connectivity index (χ0v) is 17.4. The third-order valence-electron chi connectivity index (χ3n) is 3.48. The lowest BCUT2D eigenvalue weighted by atomic mass is 10.2. The topological polar surface area (TPSA) is 287 Å². The molecule has 2 rings (SSSR count). The van der Waals surface area contributed by atoms with E-state index in [9.17, 15) is 43.4 Å². The van der Waals surface area contributed by atoms with Crippen molar-refractivity contribution in [1.29, 1.82) is 0 Å². The number of hydrogen-bond acceptors (Lipinski definition) is 12. The van der Waals surface area contributed by atoms with E-state index in [0.29, 0.717) is 10.8 Å². The maximum absolute atomic E-state index is 11.9. The van der Waals surface area contributed by atoms with Crippen LogP contribution in [0.1, 0.15) is 12.6 Å². The van der Waals surface area contributed by atoms with Crippen molar-refractivity contribution in [1.82, 2.24) is 9.55 Å². The summed E-state index contributed by atoms with van der Waals surface area (Å²) < 4.78 is 50.6. The molecular formula is C9H14N3O16P3. The first-order chi connectivity index (χ1) is 14.0. The summed E-state index contributed by atoms with van der Waals surface area (Å²) in [6.45, 7) is -1.01. The first-order valence-corrected chi connectivity index (χ1v) is 12.1. The van der Waals surface area contributed by atoms with E-state index in [1.54, 1.807) is 4.98 Å². The first-order valence-electron chi connectivity index (χ1n) is 7.61. The molecule has 1 aliphatic rings. The summed E-state index contributed by atoms with van der Waals surface area (Å²) in [5.74, 6) is 0. The van der Waals surface area contributed by atoms with Crippen LogP contribution in [0.15, 0.2) is 15.8 Å². The normalized spacial score (nSPS) is 25.6. The second-order valence-corrected chi connectivity index (χ2v) is 10.2. The Morgan fingerprint density at radius 2 is 1.81 bits per heavy atom. The number of hydrogen-bond donors (Lipinski definition) is 6. The number of aliphatic hydroxyl groups excluding tert-OH is 1. The van der Waals surface area contributed by atoms with E-state index in [4.69, 9.17) is 19.4 Å². The number of nitrogens with one attached hydrogen (secondary N) is 1. The van der Waals surface area contributed by atoms with Gasteiger partial charge in [-0.1, -0.05) is 0 Å². The van der Waals surface area contributed by atoms with Crippen molar-refractivity contribution in [3.8, 4) is 0 Å². The summed E-state index contributed by atoms with van der Waals surface area (Å²) in [4.78, 5) is 70.0. The minimum Gasteiger partial charge on any atom is -0.390 e. The van der Waals surface area contributed by atoms with Gasteiger partial charge < -0.3 is 29.4 Å². The number of aromatic nitrogens is 2. The largest absolute Gasteiger partial charge is 0.490 e. The van der Waals surface area contributed by atoms with Crippen LogP contribution in [0.3, 0.4) is 0 Å². The van der Waals surface area contributed by atoms with E-state index < -0.39 is 76.8 Å². The van der Waals surface area contributed by atoms with Crippen LogP contribution in [0, 0.1) is 10.1 Å². The quantitative estimate of drug-likeness (QED) is 0.124. The Kier molecular flexibility index (Phi) is 7.54. The minimum absolute atomic E-state index is 0.395. The molecule has 1 aromatic heterocycles. The fourth-order valence-corrected chi connectivity index (χ4v) is 5.36. The van der Waals surface area contributed by atoms with Crippen molar-refractivity contribution >= 4 is 29.2 Å². The Bertz CT molecular complexity index is 1110. The Morgan fingerprint density at radius 3 is 2.35 bits per heavy atom. The lowest BCUT2D eigenvalue weighted by Gasteiger charge is -2.19. The molecule has 1 aliphatic heterocycles. The zero-order chi connectivity index (χ0) is 23.8. The third kappa shape index (κ3) is 7.21. The lowest BCUT2D eigenvalue weighted by molar-refractivity contribution is -0.387. The maximum atomic E-state index is 11.9. The third-order valence-corrected chi connectivity index (χ3v) is 7.28. The number of aliphatic hydroxyl groups is 1. The van der Waals surface area contributed by atoms with Crippen molar-refractivity contribution in [2.75, 3.05) is 6.61 Å². The van der Waals surface area contributed by atoms with Crippen LogP contribution in [0.2, 0.25) is 0 Å². The van der Waals surface area contributed by atoms with Crippen molar-refractivity contribution in [3.63, 3.8) is 0 Å². The van der Waals surface area contributed by atoms with Crippen LogP contribution in [0.5, 0.6) is 0 Å². The average Bonchev–Trinajstić information content (AvgIpc) is 2.90. The minimum atomic E-state index is -5.75. The van der Waals surface area contributed by atoms with Gasteiger partial charge >= 0.3 is 40.4 Å². The van der Waals surface area contributed by atoms with Gasteiger partial charge in [0.25, 0.3) is 0 Å². The molecule has 1 aromatic rings. The number of rotatable bonds is 9. The van der Waals surface area contributed by atoms with Gasteiger partial charge in [-0.05, 0) is 0 Å². The number of nitrogens with zero attached hydrogens (tertiary/aromatic N) is 2. The van der Waals surface area contributed by atoms with E-state index in [1.807, 2.05) is 0 Å². The standard InChI is InChI=1S/C9H14N3O16P3/c13-5-1-7(11-2-4(12(16)17)8(14)10-9(11)15)26-6(5)3-25-30(21,22)28-31(23,24)27-29(18,19)20/h2,5-7,13H,1,3H2,(H,21,22)(H,23,24)(H,10,14,15)(H2,18,19,20)/t5-,6+,7+/m0/s1. The highest BCUT2D eigenvalue weighted by Gasteiger charge is 2.43. The molecule has 0 amide bonds. The predicted octanol–water partition coefficient (Wildman–Crippen LogP) is -1.56. The summed E-state index contributed by atoms with van der Waals surface area (Å²) in [5.41, 5.74) is -3.41. The fourth-order valence-electron chi connectivity index (χ4n) is 2.33. The highest BCUT2D eigenvalue weighted by molar-refractivity contribution is 7.66. The molecule has 19 nitrogen and oxygen atoms in total. The van der Waals surface area contributed by atoms with Crippen LogP contribution < -0.4 is 11.2 Å². The van der Waals surface area contributed by atoms with Gasteiger partial charge in [-0.3, -0.25) is 29.0 Å². The first kappa shape index (κ1) is 25.7. The molecule has 1 fully saturated rings. The lowest BCUT2D eigenvalue weighted by Crippen LogP contribution is -2.33. The summed E-state index contributed by atoms with van der Waals surface area (Å²) >= 11 is 0. The average molecular weight is 513 g/mol. The molecule has 0 aliphatic carbocycles. The van der Waals surface area contributed by atoms with Gasteiger partial charge in [-0.15, -0.1) is 0 Å². The molecule has 0 bridgehead atoms. The molecule has 0 spiro atoms. The zero-order valence-electron chi connectivity index (χ0n) is 14.7. The second kappa shape index (κ2) is 9.11. The Labute approximate surface area is 169 Å². The van der Waals surface area contributed by atoms with Gasteiger partial charge in [0.2, 0.25) is 0 Å². The highest BCUT2D eigenvalue weighted by Crippen LogP contribution is 2.66. The molecule has 0 aromatic carbocycles. The molecule has 31 heavy (non-hydrogen) atoms. The SMILES string of the molecule is O=c1[nH]c(=O)n([C@H]2C[C@H](O)[C@@H](COP(=O)(O)OP(=O)(O)OP(=O)(O)O)O2)cc1[N+](=O)[O-]. The molecule has 1 saturated heterocycles. The fraction of sp³-hybridized carbons (Fsp3) is 0.556. The highest BCUT2D eigenvalue weighted by atomic mass is 31.3. The number of H-pyrrole nitrogens is 1. The molecule has 0 radical (unpaired) electrons. The molecule has 2 heterocycles. The Balaban J connectivity index is 2.08. The molecular weight excluding hydrogens is 499 g/mol. The van der Waals surface area contributed by atoms with Crippen molar-refractivity contribution in [2.24, 2.45) is 0 Å². The number of phosphoric ester groups is 1. The Morgan fingerprint density at radius 1 is 1.19 bits per heavy atom. The van der Waals surface area contributed by atoms with Crippen LogP contribution >= 0.6 is 23.5 Å². The van der Waals surface area contributed by atoms with E-state index >= 15 is 0 Å². The summed E-state index contributed by atoms with van der Waals surface area (Å²) in [6.07, 6.45) is -4.19. The van der Waals surface area contributed by atoms with E-state index in [1.165, 1.54) is 0 Å². The van der Waals surface area contributed by atoms with Gasteiger partial charge in [0.15, 0.2) is 0 Å². The predicted molar refractivity (Wildman–Crippen MR) is 92.3 cm³/mol. The smallest absolute Gasteiger partial charge is 0.390 e. The van der Waals surface area contributed by atoms with Crippen LogP contribution in [0.4, 0.5) is 5.69 Å². The number of aromatic amines is 1. The summed E-state index contributed by atoms with van der Waals surface area (Å²) in [5, 5.41) is 20.8. The van der Waals surface area contributed by atoms with E-state index in [2.05, 4.69) is 13.1 Å². The van der Waals surface area contributed by atoms with Gasteiger partial charge in [0, 0.05) is 6.42 Å². The molecule has 22 heteroatoms. The van der Waals surface area contributed by atoms with E-state index in [-0.39, 0.29) is 0 Å². The molecule has 2 unspecified atom stereocenters. The molecule has 6 N–H and O–H groups in total. The summed E-state index contributed by atoms with van der Waals surface area (Å²) in [7, 11) is -16.8. The van der Waals surface area contributed by atoms with Gasteiger partial charge in [0.1, 0.15) is 12.3 Å². The van der Waals surface area contributed by atoms with Gasteiger partial charge in [-0.25, -0.2) is 18.5 Å². The summed E-state index contributed by atoms with van der Waals surface area (Å²) in [6, 6.07) is 0. The molecule has 5 atom stereocenters. The van der Waals surface area contributed by atoms with Gasteiger partial charge in [-0.2, -0.15) is 8.62 Å². The van der Waals surface area contributed by atoms with Crippen molar-refractivity contribution in [2.45, 2.75) is 24.9 Å². The van der Waals surface area contributed by atoms with Crippen LogP contribution in [0.25, 0.3) is 0 Å². The Hall–Kier alpha value is -1.59. The van der Waals surface area contributed by atoms with Crippen molar-refractivity contribution < 1.29 is 61.2 Å². The maximum Gasteiger partial charge on any atom is 0.490 e. The number of ether oxygens (including phenoxy) is 1. The van der Waals surface area contributed by atoms with Crippen LogP contribution in [-0.2, 0) is 31.6 Å². The number of nitro groups is 1. The monoisotopic (exact) mass is 513 g/mol. The van der Waals surface area contributed by atoms with E-state index in [0.717, 1.165) is 0 Å². The molecule has 176 valence electrons. The number of phosphoric acid groups is 3. The van der Waals surface area contributed by atoms with Crippen LogP contribution in [-0.4, -0.2) is 58.0 Å². The van der Waals surface area contributed by atoms with Crippen molar-refractivity contribution in [3.05, 3.63) is 37.1 Å².